The molecular weight excluding hydrogens is 271 g/mol. The summed E-state index contributed by atoms with van der Waals surface area (Å²) in [4.78, 5) is 0. The molecule has 0 fully saturated rings. The molecule has 1 N–H and O–H groups in total. The van der Waals surface area contributed by atoms with Crippen LogP contribution in [0, 0.1) is 0 Å². The molecule has 0 amide bonds. The largest absolute Gasteiger partial charge is 0.493 e. The quantitative estimate of drug-likeness (QED) is 0.743. The van der Waals surface area contributed by atoms with Gasteiger partial charge < -0.3 is 14.6 Å². The normalized spacial score (nSPS) is 11.5. The third kappa shape index (κ3) is 3.65. The third-order valence-corrected chi connectivity index (χ3v) is 9.38. The maximum absolute atomic E-state index is 9.54. The van der Waals surface area contributed by atoms with E-state index in [9.17, 15) is 5.11 Å². The fraction of sp³-hybridized carbons (Fsp3) is 0.625. The molecule has 0 bridgehead atoms. The first-order valence-corrected chi connectivity index (χ1v) is 9.82. The first kappa shape index (κ1) is 17.3. The highest BCUT2D eigenvalue weighted by Gasteiger charge is 2.32. The summed E-state index contributed by atoms with van der Waals surface area (Å²) >= 11 is 0. The summed E-state index contributed by atoms with van der Waals surface area (Å²) in [7, 11) is 2.33. The Morgan fingerprint density at radius 3 is 2.00 bits per heavy atom. The molecule has 0 saturated heterocycles. The van der Waals surface area contributed by atoms with Gasteiger partial charge in [0.25, 0.3) is 0 Å². The van der Waals surface area contributed by atoms with Crippen molar-refractivity contribution in [3.63, 3.8) is 0 Å². The summed E-state index contributed by atoms with van der Waals surface area (Å²) in [5.41, 5.74) is 2.06. The van der Waals surface area contributed by atoms with Gasteiger partial charge in [-0.3, -0.25) is 0 Å². The molecule has 0 atom stereocenters. The second kappa shape index (κ2) is 7.85. The zero-order chi connectivity index (χ0) is 15.2. The van der Waals surface area contributed by atoms with E-state index in [1.807, 2.05) is 0 Å². The Hall–Kier alpha value is -0.790. The van der Waals surface area contributed by atoms with Crippen LogP contribution in [0.25, 0.3) is 0 Å². The number of benzene rings is 1. The molecule has 1 aromatic rings. The first-order valence-electron chi connectivity index (χ1n) is 7.29. The molecule has 4 heteroatoms. The van der Waals surface area contributed by atoms with E-state index in [1.165, 1.54) is 24.0 Å². The lowest BCUT2D eigenvalue weighted by atomic mass is 10.1. The lowest BCUT2D eigenvalue weighted by Gasteiger charge is -2.24. The van der Waals surface area contributed by atoms with Gasteiger partial charge in [-0.2, -0.15) is 0 Å². The second-order valence-corrected chi connectivity index (χ2v) is 9.99. The number of hydrogen-bond donors (Lipinski definition) is 1. The standard InChI is InChI=1S/C16H28O3P/c1-6-20(7-2,8-3)12-13-9-14(11-17)16(19-5)15(10-13)18-4/h9-10,17H,6-8,11-12H2,1-5H3/q+1. The van der Waals surface area contributed by atoms with Gasteiger partial charge in [-0.1, -0.05) is 0 Å². The summed E-state index contributed by atoms with van der Waals surface area (Å²) in [6.07, 6.45) is 4.91. The Morgan fingerprint density at radius 1 is 1.00 bits per heavy atom. The lowest BCUT2D eigenvalue weighted by Crippen LogP contribution is -2.07. The van der Waals surface area contributed by atoms with Gasteiger partial charge in [0.05, 0.1) is 45.5 Å². The fourth-order valence-electron chi connectivity index (χ4n) is 2.71. The van der Waals surface area contributed by atoms with Gasteiger partial charge in [-0.15, -0.1) is 0 Å². The van der Waals surface area contributed by atoms with E-state index in [1.54, 1.807) is 14.2 Å². The van der Waals surface area contributed by atoms with Crippen molar-refractivity contribution in [3.05, 3.63) is 23.3 Å². The SMILES string of the molecule is CC[P+](CC)(CC)Cc1cc(CO)c(OC)c(OC)c1. The van der Waals surface area contributed by atoms with E-state index in [4.69, 9.17) is 9.47 Å². The van der Waals surface area contributed by atoms with Gasteiger partial charge >= 0.3 is 0 Å². The van der Waals surface area contributed by atoms with Crippen molar-refractivity contribution in [2.75, 3.05) is 32.7 Å². The minimum absolute atomic E-state index is 0.0246. The summed E-state index contributed by atoms with van der Waals surface area (Å²) in [6, 6.07) is 4.13. The molecule has 0 unspecified atom stereocenters. The minimum atomic E-state index is -0.923. The Kier molecular flexibility index (Phi) is 6.78. The van der Waals surface area contributed by atoms with Crippen molar-refractivity contribution in [3.8, 4) is 11.5 Å². The van der Waals surface area contributed by atoms with Crippen LogP contribution in [0.5, 0.6) is 11.5 Å². The second-order valence-electron chi connectivity index (χ2n) is 5.10. The highest BCUT2D eigenvalue weighted by atomic mass is 31.2. The summed E-state index contributed by atoms with van der Waals surface area (Å²) in [5.74, 6) is 1.36. The third-order valence-electron chi connectivity index (χ3n) is 4.32. The molecule has 0 radical (unpaired) electrons. The molecule has 0 aliphatic rings. The molecule has 114 valence electrons. The molecule has 0 spiro atoms. The molecule has 20 heavy (non-hydrogen) atoms. The fourth-order valence-corrected chi connectivity index (χ4v) is 5.68. The van der Waals surface area contributed by atoms with Gasteiger partial charge in [0, 0.05) is 12.8 Å². The van der Waals surface area contributed by atoms with Gasteiger partial charge in [0.1, 0.15) is 0 Å². The molecular formula is C16H28O3P+. The monoisotopic (exact) mass is 299 g/mol. The van der Waals surface area contributed by atoms with Crippen molar-refractivity contribution >= 4 is 7.26 Å². The summed E-state index contributed by atoms with van der Waals surface area (Å²) in [6.45, 7) is 6.88. The van der Waals surface area contributed by atoms with Gasteiger partial charge in [-0.25, -0.2) is 0 Å². The minimum Gasteiger partial charge on any atom is -0.493 e. The Balaban J connectivity index is 3.19. The molecule has 0 heterocycles. The zero-order valence-corrected chi connectivity index (χ0v) is 14.3. The van der Waals surface area contributed by atoms with E-state index in [0.29, 0.717) is 5.75 Å². The number of methoxy groups -OCH3 is 2. The van der Waals surface area contributed by atoms with E-state index in [2.05, 4.69) is 32.9 Å². The van der Waals surface area contributed by atoms with Gasteiger partial charge in [-0.05, 0) is 38.5 Å². The molecule has 3 nitrogen and oxygen atoms in total. The molecule has 1 aromatic carbocycles. The van der Waals surface area contributed by atoms with Crippen molar-refractivity contribution in [1.29, 1.82) is 0 Å². The average molecular weight is 299 g/mol. The highest BCUT2D eigenvalue weighted by Crippen LogP contribution is 2.60. The number of rotatable bonds is 8. The summed E-state index contributed by atoms with van der Waals surface area (Å²) < 4.78 is 10.8. The van der Waals surface area contributed by atoms with Crippen LogP contribution in [0.1, 0.15) is 31.9 Å². The number of aliphatic hydroxyl groups is 1. The van der Waals surface area contributed by atoms with Crippen LogP contribution in [-0.2, 0) is 12.8 Å². The predicted molar refractivity (Wildman–Crippen MR) is 87.7 cm³/mol. The average Bonchev–Trinajstić information content (AvgIpc) is 2.51. The molecule has 0 saturated carbocycles. The predicted octanol–water partition coefficient (Wildman–Crippen LogP) is 3.77. The number of hydrogen-bond acceptors (Lipinski definition) is 3. The Bertz CT molecular complexity index is 394. The smallest absolute Gasteiger partial charge is 0.166 e. The van der Waals surface area contributed by atoms with Crippen LogP contribution in [0.3, 0.4) is 0 Å². The van der Waals surface area contributed by atoms with E-state index >= 15 is 0 Å². The first-order chi connectivity index (χ1) is 9.59. The molecule has 0 aliphatic heterocycles. The van der Waals surface area contributed by atoms with Crippen LogP contribution in [-0.4, -0.2) is 37.8 Å². The van der Waals surface area contributed by atoms with Gasteiger partial charge in [0.15, 0.2) is 11.5 Å². The zero-order valence-electron chi connectivity index (χ0n) is 13.4. The molecule has 0 aromatic heterocycles. The maximum Gasteiger partial charge on any atom is 0.166 e. The summed E-state index contributed by atoms with van der Waals surface area (Å²) in [5, 5.41) is 9.54. The highest BCUT2D eigenvalue weighted by molar-refractivity contribution is 7.75. The van der Waals surface area contributed by atoms with Crippen molar-refractivity contribution in [2.45, 2.75) is 33.5 Å². The number of ether oxygens (including phenoxy) is 2. The van der Waals surface area contributed by atoms with E-state index < -0.39 is 7.26 Å². The topological polar surface area (TPSA) is 38.7 Å². The van der Waals surface area contributed by atoms with Crippen LogP contribution >= 0.6 is 7.26 Å². The molecule has 0 aliphatic carbocycles. The van der Waals surface area contributed by atoms with Gasteiger partial charge in [0.2, 0.25) is 0 Å². The van der Waals surface area contributed by atoms with Crippen LogP contribution in [0.15, 0.2) is 12.1 Å². The van der Waals surface area contributed by atoms with E-state index in [-0.39, 0.29) is 6.61 Å². The van der Waals surface area contributed by atoms with Crippen molar-refractivity contribution in [2.24, 2.45) is 0 Å². The maximum atomic E-state index is 9.54. The number of aliphatic hydroxyl groups excluding tert-OH is 1. The Morgan fingerprint density at radius 2 is 1.60 bits per heavy atom. The lowest BCUT2D eigenvalue weighted by molar-refractivity contribution is 0.269. The van der Waals surface area contributed by atoms with Crippen LogP contribution < -0.4 is 9.47 Å². The van der Waals surface area contributed by atoms with E-state index in [0.717, 1.165) is 17.5 Å². The Labute approximate surface area is 123 Å². The van der Waals surface area contributed by atoms with Crippen LogP contribution in [0.2, 0.25) is 0 Å². The van der Waals surface area contributed by atoms with Crippen LogP contribution in [0.4, 0.5) is 0 Å². The molecule has 1 rings (SSSR count). The van der Waals surface area contributed by atoms with Crippen molar-refractivity contribution in [1.82, 2.24) is 0 Å². The van der Waals surface area contributed by atoms with Crippen molar-refractivity contribution < 1.29 is 14.6 Å².